The van der Waals surface area contributed by atoms with Gasteiger partial charge in [0.25, 0.3) is 0 Å². The van der Waals surface area contributed by atoms with Crippen molar-refractivity contribution in [3.05, 3.63) is 33.9 Å². The Kier molecular flexibility index (Phi) is 2.70. The quantitative estimate of drug-likeness (QED) is 0.432. The van der Waals surface area contributed by atoms with Gasteiger partial charge in [-0.3, -0.25) is 10.1 Å². The Morgan fingerprint density at radius 2 is 2.44 bits per heavy atom. The average Bonchev–Trinajstić information content (AvgIpc) is 3.09. The van der Waals surface area contributed by atoms with Crippen molar-refractivity contribution in [1.29, 1.82) is 5.26 Å². The van der Waals surface area contributed by atoms with Crippen LogP contribution in [-0.4, -0.2) is 24.2 Å². The second-order valence-electron chi connectivity index (χ2n) is 3.32. The van der Waals surface area contributed by atoms with Crippen LogP contribution in [0.5, 0.6) is 5.75 Å². The van der Waals surface area contributed by atoms with E-state index in [4.69, 9.17) is 14.7 Å². The number of rotatable bonds is 4. The molecular weight excluding hydrogens is 212 g/mol. The zero-order valence-corrected chi connectivity index (χ0v) is 8.25. The molecule has 1 saturated heterocycles. The summed E-state index contributed by atoms with van der Waals surface area (Å²) in [5, 5.41) is 19.4. The molecule has 2 rings (SSSR count). The maximum Gasteiger partial charge on any atom is 0.312 e. The summed E-state index contributed by atoms with van der Waals surface area (Å²) in [5.41, 5.74) is 0.0430. The van der Waals surface area contributed by atoms with Gasteiger partial charge in [0, 0.05) is 6.07 Å². The molecular formula is C10H8N2O4. The van der Waals surface area contributed by atoms with Crippen LogP contribution < -0.4 is 4.74 Å². The van der Waals surface area contributed by atoms with Gasteiger partial charge in [0.2, 0.25) is 0 Å². The van der Waals surface area contributed by atoms with Gasteiger partial charge in [-0.1, -0.05) is 0 Å². The lowest BCUT2D eigenvalue weighted by molar-refractivity contribution is -0.385. The molecule has 82 valence electrons. The van der Waals surface area contributed by atoms with Crippen molar-refractivity contribution in [3.8, 4) is 11.8 Å². The summed E-state index contributed by atoms with van der Waals surface area (Å²) in [4.78, 5) is 10.2. The molecule has 1 aromatic carbocycles. The molecule has 0 amide bonds. The van der Waals surface area contributed by atoms with Crippen molar-refractivity contribution in [2.24, 2.45) is 0 Å². The molecule has 1 atom stereocenters. The smallest absolute Gasteiger partial charge is 0.312 e. The summed E-state index contributed by atoms with van der Waals surface area (Å²) < 4.78 is 10.2. The van der Waals surface area contributed by atoms with Crippen molar-refractivity contribution in [3.63, 3.8) is 0 Å². The minimum absolute atomic E-state index is 0.0373. The maximum atomic E-state index is 10.7. The van der Waals surface area contributed by atoms with Crippen LogP contribution in [0.3, 0.4) is 0 Å². The summed E-state index contributed by atoms with van der Waals surface area (Å²) in [7, 11) is 0. The molecule has 1 heterocycles. The molecule has 1 aliphatic heterocycles. The van der Waals surface area contributed by atoms with Crippen LogP contribution in [0, 0.1) is 21.4 Å². The third-order valence-corrected chi connectivity index (χ3v) is 2.11. The van der Waals surface area contributed by atoms with Gasteiger partial charge in [-0.05, 0) is 12.1 Å². The minimum Gasteiger partial charge on any atom is -0.484 e. The van der Waals surface area contributed by atoms with E-state index < -0.39 is 4.92 Å². The summed E-state index contributed by atoms with van der Waals surface area (Å²) in [6.07, 6.45) is 0.0373. The Bertz CT molecular complexity index is 462. The highest BCUT2D eigenvalue weighted by molar-refractivity contribution is 5.51. The standard InChI is InChI=1S/C10H8N2O4/c11-4-7-1-2-10(9(3-7)12(13)14)16-6-8-5-15-8/h1-3,8H,5-6H2/t8-/m0/s1. The van der Waals surface area contributed by atoms with E-state index in [0.717, 1.165) is 0 Å². The van der Waals surface area contributed by atoms with Crippen molar-refractivity contribution in [2.45, 2.75) is 6.10 Å². The van der Waals surface area contributed by atoms with Crippen LogP contribution in [0.25, 0.3) is 0 Å². The Morgan fingerprint density at radius 1 is 1.69 bits per heavy atom. The normalized spacial score (nSPS) is 17.6. The lowest BCUT2D eigenvalue weighted by atomic mass is 10.2. The number of hydrogen-bond donors (Lipinski definition) is 0. The molecule has 0 spiro atoms. The van der Waals surface area contributed by atoms with Gasteiger partial charge < -0.3 is 9.47 Å². The largest absolute Gasteiger partial charge is 0.484 e. The first kappa shape index (κ1) is 10.4. The highest BCUT2D eigenvalue weighted by atomic mass is 16.6. The lowest BCUT2D eigenvalue weighted by Gasteiger charge is -2.04. The van der Waals surface area contributed by atoms with Crippen molar-refractivity contribution in [1.82, 2.24) is 0 Å². The van der Waals surface area contributed by atoms with Crippen LogP contribution >= 0.6 is 0 Å². The first-order chi connectivity index (χ1) is 7.70. The monoisotopic (exact) mass is 220 g/mol. The molecule has 0 radical (unpaired) electrons. The Hall–Kier alpha value is -2.13. The number of benzene rings is 1. The zero-order chi connectivity index (χ0) is 11.5. The molecule has 1 aliphatic rings. The molecule has 0 bridgehead atoms. The van der Waals surface area contributed by atoms with Gasteiger partial charge in [0.05, 0.1) is 23.2 Å². The Labute approximate surface area is 91.2 Å². The number of epoxide rings is 1. The Morgan fingerprint density at radius 3 is 3.00 bits per heavy atom. The van der Waals surface area contributed by atoms with Gasteiger partial charge >= 0.3 is 5.69 Å². The van der Waals surface area contributed by atoms with Gasteiger partial charge in [-0.15, -0.1) is 0 Å². The SMILES string of the molecule is N#Cc1ccc(OC[C@@H]2CO2)c([N+](=O)[O-])c1. The molecule has 0 N–H and O–H groups in total. The molecule has 0 aromatic heterocycles. The van der Waals surface area contributed by atoms with Gasteiger partial charge in [0.15, 0.2) is 5.75 Å². The fraction of sp³-hybridized carbons (Fsp3) is 0.300. The topological polar surface area (TPSA) is 88.7 Å². The molecule has 1 aromatic rings. The molecule has 16 heavy (non-hydrogen) atoms. The van der Waals surface area contributed by atoms with E-state index in [-0.39, 0.29) is 23.1 Å². The number of nitriles is 1. The number of nitro groups is 1. The third kappa shape index (κ3) is 2.27. The fourth-order valence-electron chi connectivity index (χ4n) is 1.20. The van der Waals surface area contributed by atoms with Crippen molar-refractivity contribution in [2.75, 3.05) is 13.2 Å². The van der Waals surface area contributed by atoms with E-state index in [1.54, 1.807) is 0 Å². The first-order valence-electron chi connectivity index (χ1n) is 4.63. The molecule has 1 fully saturated rings. The van der Waals surface area contributed by atoms with Crippen LogP contribution in [-0.2, 0) is 4.74 Å². The molecule has 6 nitrogen and oxygen atoms in total. The molecule has 0 unspecified atom stereocenters. The van der Waals surface area contributed by atoms with Gasteiger partial charge in [0.1, 0.15) is 12.7 Å². The first-order valence-corrected chi connectivity index (χ1v) is 4.63. The Balaban J connectivity index is 2.21. The van der Waals surface area contributed by atoms with Crippen LogP contribution in [0.1, 0.15) is 5.56 Å². The number of hydrogen-bond acceptors (Lipinski definition) is 5. The van der Waals surface area contributed by atoms with Crippen molar-refractivity contribution < 1.29 is 14.4 Å². The predicted octanol–water partition coefficient (Wildman–Crippen LogP) is 1.24. The fourth-order valence-corrected chi connectivity index (χ4v) is 1.20. The number of nitrogens with zero attached hydrogens (tertiary/aromatic N) is 2. The summed E-state index contributed by atoms with van der Waals surface area (Å²) in [5.74, 6) is 0.166. The van der Waals surface area contributed by atoms with E-state index in [0.29, 0.717) is 13.2 Å². The van der Waals surface area contributed by atoms with Crippen LogP contribution in [0.4, 0.5) is 5.69 Å². The van der Waals surface area contributed by atoms with E-state index in [1.807, 2.05) is 6.07 Å². The number of ether oxygens (including phenoxy) is 2. The lowest BCUT2D eigenvalue weighted by Crippen LogP contribution is -2.05. The summed E-state index contributed by atoms with van der Waals surface area (Å²) in [6.45, 7) is 0.927. The van der Waals surface area contributed by atoms with Crippen molar-refractivity contribution >= 4 is 5.69 Å². The predicted molar refractivity (Wildman–Crippen MR) is 53.0 cm³/mol. The van der Waals surface area contributed by atoms with Gasteiger partial charge in [-0.2, -0.15) is 5.26 Å². The summed E-state index contributed by atoms with van der Waals surface area (Å²) >= 11 is 0. The highest BCUT2D eigenvalue weighted by Gasteiger charge is 2.25. The third-order valence-electron chi connectivity index (χ3n) is 2.11. The minimum atomic E-state index is -0.566. The van der Waals surface area contributed by atoms with E-state index in [1.165, 1.54) is 18.2 Å². The number of nitro benzene ring substituents is 1. The highest BCUT2D eigenvalue weighted by Crippen LogP contribution is 2.28. The molecule has 6 heteroatoms. The second-order valence-corrected chi connectivity index (χ2v) is 3.32. The molecule has 0 aliphatic carbocycles. The maximum absolute atomic E-state index is 10.7. The molecule has 0 saturated carbocycles. The average molecular weight is 220 g/mol. The van der Waals surface area contributed by atoms with Crippen LogP contribution in [0.15, 0.2) is 18.2 Å². The van der Waals surface area contributed by atoms with E-state index in [2.05, 4.69) is 0 Å². The second kappa shape index (κ2) is 4.16. The zero-order valence-electron chi connectivity index (χ0n) is 8.25. The summed E-state index contributed by atoms with van der Waals surface area (Å²) in [6, 6.07) is 5.95. The van der Waals surface area contributed by atoms with Crippen LogP contribution in [0.2, 0.25) is 0 Å². The van der Waals surface area contributed by atoms with E-state index in [9.17, 15) is 10.1 Å². The van der Waals surface area contributed by atoms with Gasteiger partial charge in [-0.25, -0.2) is 0 Å². The van der Waals surface area contributed by atoms with E-state index >= 15 is 0 Å².